The van der Waals surface area contributed by atoms with E-state index in [2.05, 4.69) is 20.6 Å². The summed E-state index contributed by atoms with van der Waals surface area (Å²) in [6.45, 7) is 0.364. The van der Waals surface area contributed by atoms with Gasteiger partial charge in [0.1, 0.15) is 17.9 Å². The third-order valence-corrected chi connectivity index (χ3v) is 7.32. The van der Waals surface area contributed by atoms with E-state index in [0.29, 0.717) is 24.4 Å². The molecule has 4 N–H and O–H groups in total. The van der Waals surface area contributed by atoms with Crippen molar-refractivity contribution in [2.24, 2.45) is 0 Å². The second kappa shape index (κ2) is 13.2. The summed E-state index contributed by atoms with van der Waals surface area (Å²) in [5.41, 5.74) is 3.98. The second-order valence-corrected chi connectivity index (χ2v) is 10.1. The molecule has 1 aliphatic rings. The molecule has 0 spiro atoms. The van der Waals surface area contributed by atoms with Gasteiger partial charge in [0.25, 0.3) is 0 Å². The van der Waals surface area contributed by atoms with Crippen LogP contribution >= 0.6 is 0 Å². The van der Waals surface area contributed by atoms with Crippen LogP contribution in [-0.4, -0.2) is 70.5 Å². The SMILES string of the molecule is COC(=O)NC(Cc1ccccc1)C(=O)Nc1ccccc1CC[C@@H]1CN(C(=O)O)[C@H](c2nc3ccccc3[nH]2)CO1. The molecule has 11 heteroatoms. The van der Waals surface area contributed by atoms with Crippen LogP contribution < -0.4 is 10.6 Å². The predicted molar refractivity (Wildman–Crippen MR) is 156 cm³/mol. The number of methoxy groups -OCH3 is 1. The normalized spacial score (nSPS) is 17.4. The Labute approximate surface area is 242 Å². The Hall–Kier alpha value is -4.90. The van der Waals surface area contributed by atoms with Gasteiger partial charge in [0.05, 0.1) is 37.4 Å². The van der Waals surface area contributed by atoms with Crippen molar-refractivity contribution >= 4 is 34.8 Å². The molecule has 42 heavy (non-hydrogen) atoms. The molecule has 1 saturated heterocycles. The highest BCUT2D eigenvalue weighted by molar-refractivity contribution is 5.97. The first-order valence-electron chi connectivity index (χ1n) is 13.7. The molecule has 4 aromatic rings. The van der Waals surface area contributed by atoms with E-state index in [4.69, 9.17) is 9.47 Å². The number of morpholine rings is 1. The number of aryl methyl sites for hydroxylation is 1. The molecule has 5 rings (SSSR count). The van der Waals surface area contributed by atoms with Gasteiger partial charge in [-0.25, -0.2) is 14.6 Å². The first-order chi connectivity index (χ1) is 20.4. The van der Waals surface area contributed by atoms with Crippen LogP contribution in [0, 0.1) is 0 Å². The highest BCUT2D eigenvalue weighted by Gasteiger charge is 2.35. The van der Waals surface area contributed by atoms with Gasteiger partial charge in [-0.2, -0.15) is 0 Å². The molecule has 3 atom stereocenters. The van der Waals surface area contributed by atoms with Gasteiger partial charge in [-0.15, -0.1) is 0 Å². The molecule has 0 radical (unpaired) electrons. The number of hydrogen-bond acceptors (Lipinski definition) is 6. The Kier molecular flexibility index (Phi) is 8.98. The summed E-state index contributed by atoms with van der Waals surface area (Å²) in [6, 6.07) is 23.0. The van der Waals surface area contributed by atoms with Crippen molar-refractivity contribution in [1.82, 2.24) is 20.2 Å². The minimum atomic E-state index is -1.04. The van der Waals surface area contributed by atoms with E-state index in [0.717, 1.165) is 22.2 Å². The summed E-state index contributed by atoms with van der Waals surface area (Å²) in [6.07, 6.45) is -0.703. The highest BCUT2D eigenvalue weighted by atomic mass is 16.5. The van der Waals surface area contributed by atoms with Gasteiger partial charge in [0, 0.05) is 12.1 Å². The number of H-pyrrole nitrogens is 1. The van der Waals surface area contributed by atoms with Crippen molar-refractivity contribution in [3.8, 4) is 0 Å². The first-order valence-corrected chi connectivity index (χ1v) is 13.7. The Balaban J connectivity index is 1.24. The number of anilines is 1. The van der Waals surface area contributed by atoms with E-state index in [1.807, 2.05) is 72.8 Å². The fraction of sp³-hybridized carbons (Fsp3) is 0.290. The van der Waals surface area contributed by atoms with Gasteiger partial charge in [-0.05, 0) is 42.2 Å². The predicted octanol–water partition coefficient (Wildman–Crippen LogP) is 4.52. The number of carbonyl (C=O) groups excluding carboxylic acids is 2. The molecule has 1 aliphatic heterocycles. The Morgan fingerprint density at radius 1 is 1.07 bits per heavy atom. The number of aromatic amines is 1. The fourth-order valence-corrected chi connectivity index (χ4v) is 5.12. The van der Waals surface area contributed by atoms with E-state index in [1.165, 1.54) is 12.0 Å². The molecule has 2 heterocycles. The van der Waals surface area contributed by atoms with Gasteiger partial charge in [0.15, 0.2) is 0 Å². The number of nitrogens with one attached hydrogen (secondary N) is 3. The van der Waals surface area contributed by atoms with Crippen LogP contribution in [0.5, 0.6) is 0 Å². The number of carboxylic acid groups (broad SMARTS) is 1. The number of hydrogen-bond donors (Lipinski definition) is 4. The monoisotopic (exact) mass is 571 g/mol. The lowest BCUT2D eigenvalue weighted by atomic mass is 10.0. The number of nitrogens with zero attached hydrogens (tertiary/aromatic N) is 2. The standard InChI is InChI=1S/C31H33N5O6/c1-41-30(38)35-26(17-20-9-3-2-4-10-20)29(37)34-23-12-6-5-11-21(23)15-16-22-18-36(31(39)40)27(19-42-22)28-32-24-13-7-8-14-25(24)33-28/h2-14,22,26-27H,15-19H2,1H3,(H,32,33)(H,34,37)(H,35,38)(H,39,40)/t22-,26?,27+/m1/s1. The average Bonchev–Trinajstić information content (AvgIpc) is 3.45. The quantitative estimate of drug-likeness (QED) is 0.231. The number of carbonyl (C=O) groups is 3. The summed E-state index contributed by atoms with van der Waals surface area (Å²) in [5, 5.41) is 15.5. The number of alkyl carbamates (subject to hydrolysis) is 1. The van der Waals surface area contributed by atoms with Crippen molar-refractivity contribution < 1.29 is 29.0 Å². The summed E-state index contributed by atoms with van der Waals surface area (Å²) in [5.74, 6) is 0.173. The largest absolute Gasteiger partial charge is 0.465 e. The first kappa shape index (κ1) is 28.6. The van der Waals surface area contributed by atoms with Crippen LogP contribution in [-0.2, 0) is 27.1 Å². The smallest absolute Gasteiger partial charge is 0.408 e. The topological polar surface area (TPSA) is 146 Å². The summed E-state index contributed by atoms with van der Waals surface area (Å²) in [7, 11) is 1.25. The third kappa shape index (κ3) is 6.87. The Bertz CT molecular complexity index is 1510. The zero-order valence-corrected chi connectivity index (χ0v) is 23.2. The number of para-hydroxylation sites is 3. The van der Waals surface area contributed by atoms with Crippen molar-refractivity contribution in [3.05, 3.63) is 95.8 Å². The van der Waals surface area contributed by atoms with Gasteiger partial charge < -0.3 is 30.2 Å². The van der Waals surface area contributed by atoms with Gasteiger partial charge in [-0.3, -0.25) is 9.69 Å². The zero-order chi connectivity index (χ0) is 29.5. The van der Waals surface area contributed by atoms with Crippen molar-refractivity contribution in [2.75, 3.05) is 25.6 Å². The van der Waals surface area contributed by atoms with Crippen LogP contribution in [0.15, 0.2) is 78.9 Å². The summed E-state index contributed by atoms with van der Waals surface area (Å²) < 4.78 is 10.8. The lowest BCUT2D eigenvalue weighted by Crippen LogP contribution is -2.47. The number of aromatic nitrogens is 2. The molecule has 1 fully saturated rings. The van der Waals surface area contributed by atoms with Gasteiger partial charge in [-0.1, -0.05) is 60.7 Å². The molecule has 218 valence electrons. The molecule has 0 bridgehead atoms. The number of ether oxygens (including phenoxy) is 2. The van der Waals surface area contributed by atoms with E-state index in [9.17, 15) is 19.5 Å². The van der Waals surface area contributed by atoms with Crippen molar-refractivity contribution in [1.29, 1.82) is 0 Å². The van der Waals surface area contributed by atoms with Crippen LogP contribution in [0.1, 0.15) is 29.4 Å². The van der Waals surface area contributed by atoms with Crippen LogP contribution in [0.2, 0.25) is 0 Å². The molecular weight excluding hydrogens is 538 g/mol. The Morgan fingerprint density at radius 3 is 2.57 bits per heavy atom. The van der Waals surface area contributed by atoms with Crippen LogP contribution in [0.4, 0.5) is 15.3 Å². The summed E-state index contributed by atoms with van der Waals surface area (Å²) >= 11 is 0. The van der Waals surface area contributed by atoms with Crippen molar-refractivity contribution in [3.63, 3.8) is 0 Å². The average molecular weight is 572 g/mol. The molecule has 1 aromatic heterocycles. The molecule has 3 amide bonds. The molecule has 11 nitrogen and oxygen atoms in total. The molecule has 1 unspecified atom stereocenters. The van der Waals surface area contributed by atoms with Gasteiger partial charge in [0.2, 0.25) is 5.91 Å². The lowest BCUT2D eigenvalue weighted by Gasteiger charge is -2.37. The third-order valence-electron chi connectivity index (χ3n) is 7.32. The molecule has 0 aliphatic carbocycles. The van der Waals surface area contributed by atoms with E-state index in [1.54, 1.807) is 6.07 Å². The molecule has 0 saturated carbocycles. The maximum absolute atomic E-state index is 13.3. The number of fused-ring (bicyclic) bond motifs is 1. The van der Waals surface area contributed by atoms with Crippen molar-refractivity contribution in [2.45, 2.75) is 37.5 Å². The van der Waals surface area contributed by atoms with Crippen LogP contribution in [0.3, 0.4) is 0 Å². The van der Waals surface area contributed by atoms with E-state index >= 15 is 0 Å². The number of amides is 3. The summed E-state index contributed by atoms with van der Waals surface area (Å²) in [4.78, 5) is 46.6. The number of benzene rings is 3. The molecular formula is C31H33N5O6. The number of rotatable bonds is 9. The maximum atomic E-state index is 13.3. The second-order valence-electron chi connectivity index (χ2n) is 10.1. The molecule has 3 aromatic carbocycles. The fourth-order valence-electron chi connectivity index (χ4n) is 5.12. The number of imidazole rings is 1. The van der Waals surface area contributed by atoms with E-state index < -0.39 is 24.3 Å². The van der Waals surface area contributed by atoms with Crippen LogP contribution in [0.25, 0.3) is 11.0 Å². The minimum Gasteiger partial charge on any atom is -0.465 e. The lowest BCUT2D eigenvalue weighted by molar-refractivity contribution is -0.118. The minimum absolute atomic E-state index is 0.176. The maximum Gasteiger partial charge on any atom is 0.408 e. The van der Waals surface area contributed by atoms with E-state index in [-0.39, 0.29) is 31.6 Å². The highest BCUT2D eigenvalue weighted by Crippen LogP contribution is 2.28. The van der Waals surface area contributed by atoms with Gasteiger partial charge >= 0.3 is 12.2 Å². The zero-order valence-electron chi connectivity index (χ0n) is 23.2. The Morgan fingerprint density at radius 2 is 1.81 bits per heavy atom.